The van der Waals surface area contributed by atoms with Crippen LogP contribution in [0, 0.1) is 0 Å². The van der Waals surface area contributed by atoms with E-state index in [0.717, 1.165) is 10.4 Å². The quantitative estimate of drug-likeness (QED) is 0.485. The molecule has 0 unspecified atom stereocenters. The first-order valence-electron chi connectivity index (χ1n) is 8.27. The number of rotatable bonds is 8. The van der Waals surface area contributed by atoms with E-state index in [9.17, 15) is 18.0 Å². The maximum absolute atomic E-state index is 13.3. The van der Waals surface area contributed by atoms with Gasteiger partial charge in [-0.1, -0.05) is 29.3 Å². The van der Waals surface area contributed by atoms with Crippen molar-refractivity contribution in [2.24, 2.45) is 0 Å². The summed E-state index contributed by atoms with van der Waals surface area (Å²) in [4.78, 5) is 23.1. The van der Waals surface area contributed by atoms with Crippen molar-refractivity contribution in [2.45, 2.75) is 4.90 Å². The molecule has 2 aromatic carbocycles. The van der Waals surface area contributed by atoms with E-state index in [1.54, 1.807) is 24.3 Å². The van der Waals surface area contributed by atoms with Crippen molar-refractivity contribution in [3.05, 3.63) is 70.7 Å². The van der Waals surface area contributed by atoms with Crippen LogP contribution in [-0.2, 0) is 19.6 Å². The molecule has 154 valence electrons. The summed E-state index contributed by atoms with van der Waals surface area (Å²) in [7, 11) is -2.75. The number of halogens is 2. The molecule has 0 aliphatic heterocycles. The SMILES string of the molecule is C=CCN(c1ccc(Cl)cc1)S(=O)(=O)c1cc(C(=O)OCC(=O)NC)ccc1Cl. The van der Waals surface area contributed by atoms with Crippen LogP contribution in [0.2, 0.25) is 10.0 Å². The second-order valence-electron chi connectivity index (χ2n) is 5.70. The average Bonchev–Trinajstić information content (AvgIpc) is 2.70. The lowest BCUT2D eigenvalue weighted by atomic mass is 10.2. The lowest BCUT2D eigenvalue weighted by Crippen LogP contribution is -2.31. The Labute approximate surface area is 178 Å². The van der Waals surface area contributed by atoms with Crippen molar-refractivity contribution < 1.29 is 22.7 Å². The first-order valence-corrected chi connectivity index (χ1v) is 10.5. The van der Waals surface area contributed by atoms with Gasteiger partial charge in [-0.05, 0) is 42.5 Å². The van der Waals surface area contributed by atoms with Crippen LogP contribution >= 0.6 is 23.2 Å². The number of amides is 1. The van der Waals surface area contributed by atoms with Crippen LogP contribution in [0.1, 0.15) is 10.4 Å². The summed E-state index contributed by atoms with van der Waals surface area (Å²) in [5.74, 6) is -1.36. The van der Waals surface area contributed by atoms with E-state index >= 15 is 0 Å². The molecule has 0 saturated heterocycles. The molecule has 1 N–H and O–H groups in total. The lowest BCUT2D eigenvalue weighted by Gasteiger charge is -2.24. The number of likely N-dealkylation sites (N-methyl/N-ethyl adjacent to an activating group) is 1. The van der Waals surface area contributed by atoms with Crippen LogP contribution < -0.4 is 9.62 Å². The minimum atomic E-state index is -4.15. The molecule has 2 rings (SSSR count). The predicted octanol–water partition coefficient (Wildman–Crippen LogP) is 3.28. The van der Waals surface area contributed by atoms with E-state index in [-0.39, 0.29) is 22.0 Å². The van der Waals surface area contributed by atoms with Gasteiger partial charge in [-0.2, -0.15) is 0 Å². The van der Waals surface area contributed by atoms with E-state index in [1.807, 2.05) is 0 Å². The molecule has 0 radical (unpaired) electrons. The molecule has 0 fully saturated rings. The number of hydrogen-bond donors (Lipinski definition) is 1. The zero-order chi connectivity index (χ0) is 21.6. The molecule has 0 atom stereocenters. The number of nitrogens with one attached hydrogen (secondary N) is 1. The van der Waals surface area contributed by atoms with Crippen molar-refractivity contribution in [3.8, 4) is 0 Å². The van der Waals surface area contributed by atoms with Gasteiger partial charge in [-0.25, -0.2) is 13.2 Å². The Kier molecular flexibility index (Phi) is 7.66. The second kappa shape index (κ2) is 9.78. The van der Waals surface area contributed by atoms with Gasteiger partial charge in [0.25, 0.3) is 15.9 Å². The highest BCUT2D eigenvalue weighted by molar-refractivity contribution is 7.93. The highest BCUT2D eigenvalue weighted by Gasteiger charge is 2.28. The molecule has 0 aliphatic carbocycles. The molecule has 1 amide bonds. The van der Waals surface area contributed by atoms with Gasteiger partial charge in [-0.3, -0.25) is 9.10 Å². The highest BCUT2D eigenvalue weighted by atomic mass is 35.5. The van der Waals surface area contributed by atoms with Gasteiger partial charge in [0, 0.05) is 12.1 Å². The van der Waals surface area contributed by atoms with Crippen LogP contribution in [-0.4, -0.2) is 40.5 Å². The third-order valence-corrected chi connectivity index (χ3v) is 6.29. The van der Waals surface area contributed by atoms with Crippen LogP contribution in [0.4, 0.5) is 5.69 Å². The third kappa shape index (κ3) is 5.50. The summed E-state index contributed by atoms with van der Waals surface area (Å²) in [6.07, 6.45) is 1.42. The zero-order valence-electron chi connectivity index (χ0n) is 15.4. The van der Waals surface area contributed by atoms with Gasteiger partial charge in [0.1, 0.15) is 4.90 Å². The summed E-state index contributed by atoms with van der Waals surface area (Å²) >= 11 is 12.0. The number of nitrogens with zero attached hydrogens (tertiary/aromatic N) is 1. The predicted molar refractivity (Wildman–Crippen MR) is 112 cm³/mol. The maximum atomic E-state index is 13.3. The first kappa shape index (κ1) is 22.7. The Morgan fingerprint density at radius 3 is 2.41 bits per heavy atom. The minimum Gasteiger partial charge on any atom is -0.452 e. The van der Waals surface area contributed by atoms with E-state index in [4.69, 9.17) is 27.9 Å². The third-order valence-electron chi connectivity index (χ3n) is 3.76. The number of anilines is 1. The number of hydrogen-bond acceptors (Lipinski definition) is 5. The van der Waals surface area contributed by atoms with Gasteiger partial charge >= 0.3 is 5.97 Å². The molecule has 10 heteroatoms. The highest BCUT2D eigenvalue weighted by Crippen LogP contribution is 2.30. The largest absolute Gasteiger partial charge is 0.452 e. The molecule has 0 aliphatic rings. The number of ether oxygens (including phenoxy) is 1. The molecule has 0 saturated carbocycles. The number of carbonyl (C=O) groups is 2. The Morgan fingerprint density at radius 2 is 1.83 bits per heavy atom. The number of carbonyl (C=O) groups excluding carboxylic acids is 2. The molecule has 0 aromatic heterocycles. The van der Waals surface area contributed by atoms with E-state index in [2.05, 4.69) is 11.9 Å². The molecule has 29 heavy (non-hydrogen) atoms. The van der Waals surface area contributed by atoms with Crippen LogP contribution in [0.25, 0.3) is 0 Å². The normalized spacial score (nSPS) is 10.9. The Bertz CT molecular complexity index is 1020. The van der Waals surface area contributed by atoms with Crippen molar-refractivity contribution in [1.82, 2.24) is 5.32 Å². The minimum absolute atomic E-state index is 0.0361. The Hall–Kier alpha value is -2.55. The van der Waals surface area contributed by atoms with Crippen molar-refractivity contribution in [2.75, 3.05) is 24.5 Å². The average molecular weight is 457 g/mol. The lowest BCUT2D eigenvalue weighted by molar-refractivity contribution is -0.123. The molecular weight excluding hydrogens is 439 g/mol. The van der Waals surface area contributed by atoms with E-state index < -0.39 is 28.5 Å². The second-order valence-corrected chi connectivity index (χ2v) is 8.37. The summed E-state index contributed by atoms with van der Waals surface area (Å²) in [5.41, 5.74) is 0.282. The molecular formula is C19H18Cl2N2O5S. The summed E-state index contributed by atoms with van der Waals surface area (Å²) in [6.45, 7) is 3.06. The summed E-state index contributed by atoms with van der Waals surface area (Å²) in [5, 5.41) is 2.68. The zero-order valence-corrected chi connectivity index (χ0v) is 17.7. The van der Waals surface area contributed by atoms with Gasteiger partial charge in [-0.15, -0.1) is 6.58 Å². The number of esters is 1. The Balaban J connectivity index is 2.44. The fourth-order valence-electron chi connectivity index (χ4n) is 2.30. The molecule has 0 bridgehead atoms. The first-order chi connectivity index (χ1) is 13.7. The summed E-state index contributed by atoms with van der Waals surface area (Å²) < 4.78 is 32.5. The van der Waals surface area contributed by atoms with Crippen LogP contribution in [0.3, 0.4) is 0 Å². The monoisotopic (exact) mass is 456 g/mol. The van der Waals surface area contributed by atoms with E-state index in [1.165, 1.54) is 25.3 Å². The molecule has 2 aromatic rings. The van der Waals surface area contributed by atoms with Crippen molar-refractivity contribution >= 4 is 50.8 Å². The van der Waals surface area contributed by atoms with Gasteiger partial charge in [0.2, 0.25) is 0 Å². The smallest absolute Gasteiger partial charge is 0.338 e. The summed E-state index contributed by atoms with van der Waals surface area (Å²) in [6, 6.07) is 9.88. The van der Waals surface area contributed by atoms with Crippen LogP contribution in [0.15, 0.2) is 60.0 Å². The number of sulfonamides is 1. The van der Waals surface area contributed by atoms with Crippen LogP contribution in [0.5, 0.6) is 0 Å². The fourth-order valence-corrected chi connectivity index (χ4v) is 4.36. The fraction of sp³-hybridized carbons (Fsp3) is 0.158. The molecule has 0 spiro atoms. The number of benzene rings is 2. The Morgan fingerprint density at radius 1 is 1.17 bits per heavy atom. The molecule has 0 heterocycles. The van der Waals surface area contributed by atoms with E-state index in [0.29, 0.717) is 10.7 Å². The van der Waals surface area contributed by atoms with Gasteiger partial charge < -0.3 is 10.1 Å². The standard InChI is InChI=1S/C19H18Cl2N2O5S/c1-3-10-23(15-7-5-14(20)6-8-15)29(26,27)17-11-13(4-9-16(17)21)19(25)28-12-18(24)22-2/h3-9,11H,1,10,12H2,2H3,(H,22,24). The van der Waals surface area contributed by atoms with Gasteiger partial charge in [0.15, 0.2) is 6.61 Å². The molecule has 7 nitrogen and oxygen atoms in total. The van der Waals surface area contributed by atoms with Crippen molar-refractivity contribution in [1.29, 1.82) is 0 Å². The topological polar surface area (TPSA) is 92.8 Å². The van der Waals surface area contributed by atoms with Gasteiger partial charge in [0.05, 0.1) is 22.8 Å². The maximum Gasteiger partial charge on any atom is 0.338 e. The van der Waals surface area contributed by atoms with Crippen molar-refractivity contribution in [3.63, 3.8) is 0 Å².